The van der Waals surface area contributed by atoms with Crippen molar-refractivity contribution in [3.8, 4) is 0 Å². The van der Waals surface area contributed by atoms with Gasteiger partial charge in [0.15, 0.2) is 5.71 Å². The van der Waals surface area contributed by atoms with Crippen molar-refractivity contribution in [2.45, 2.75) is 0 Å². The number of primary amides is 1. The summed E-state index contributed by atoms with van der Waals surface area (Å²) in [5, 5.41) is 3.43. The molecule has 1 rings (SSSR count). The average molecular weight is 180 g/mol. The van der Waals surface area contributed by atoms with E-state index in [1.165, 1.54) is 25.7 Å². The molecule has 68 valence electrons. The Morgan fingerprint density at radius 3 is 2.85 bits per heavy atom. The molecule has 0 aromatic carbocycles. The number of hydrogen-bond donors (Lipinski definition) is 1. The molecular weight excluding hydrogens is 172 g/mol. The molecule has 0 unspecified atom stereocenters. The maximum atomic E-state index is 10.8. The zero-order valence-electron chi connectivity index (χ0n) is 6.97. The predicted octanol–water partition coefficient (Wildman–Crippen LogP) is -0.688. The van der Waals surface area contributed by atoms with Crippen molar-refractivity contribution in [3.05, 3.63) is 24.3 Å². The first-order valence-electron chi connectivity index (χ1n) is 3.43. The van der Waals surface area contributed by atoms with Gasteiger partial charge in [-0.3, -0.25) is 14.8 Å². The van der Waals surface area contributed by atoms with Gasteiger partial charge in [0.25, 0.3) is 5.91 Å². The number of oxime groups is 1. The van der Waals surface area contributed by atoms with Crippen LogP contribution in [-0.4, -0.2) is 28.7 Å². The van der Waals surface area contributed by atoms with Crippen LogP contribution >= 0.6 is 0 Å². The van der Waals surface area contributed by atoms with Crippen LogP contribution in [0.15, 0.2) is 23.7 Å². The van der Waals surface area contributed by atoms with Crippen molar-refractivity contribution in [2.75, 3.05) is 7.11 Å². The number of carbonyl (C=O) groups excluding carboxylic acids is 1. The maximum Gasteiger partial charge on any atom is 0.273 e. The summed E-state index contributed by atoms with van der Waals surface area (Å²) in [5.41, 5.74) is 5.28. The second-order valence-electron chi connectivity index (χ2n) is 2.08. The lowest BCUT2D eigenvalue weighted by Gasteiger charge is -1.98. The maximum absolute atomic E-state index is 10.8. The zero-order valence-corrected chi connectivity index (χ0v) is 6.97. The Labute approximate surface area is 74.4 Å². The topological polar surface area (TPSA) is 90.5 Å². The minimum atomic E-state index is -0.706. The van der Waals surface area contributed by atoms with E-state index in [1.807, 2.05) is 0 Å². The molecule has 0 saturated heterocycles. The molecule has 1 aromatic rings. The fourth-order valence-electron chi connectivity index (χ4n) is 0.731. The number of nitrogens with zero attached hydrogens (tertiary/aromatic N) is 3. The molecule has 1 heterocycles. The number of aromatic nitrogens is 2. The van der Waals surface area contributed by atoms with Gasteiger partial charge in [-0.1, -0.05) is 5.16 Å². The standard InChI is InChI=1S/C7H8N4O2/c1-13-11-6(7(8)12)5-4-9-2-3-10-5/h2-4H,1H3,(H2,8,12)/b11-6+. The van der Waals surface area contributed by atoms with Crippen LogP contribution in [0.2, 0.25) is 0 Å². The molecule has 0 fully saturated rings. The summed E-state index contributed by atoms with van der Waals surface area (Å²) in [6, 6.07) is 0. The van der Waals surface area contributed by atoms with E-state index in [0.717, 1.165) is 0 Å². The van der Waals surface area contributed by atoms with Gasteiger partial charge in [-0.2, -0.15) is 0 Å². The predicted molar refractivity (Wildman–Crippen MR) is 44.8 cm³/mol. The Morgan fingerprint density at radius 2 is 2.38 bits per heavy atom. The van der Waals surface area contributed by atoms with E-state index < -0.39 is 5.91 Å². The highest BCUT2D eigenvalue weighted by molar-refractivity contribution is 6.44. The molecule has 1 amide bonds. The summed E-state index contributed by atoms with van der Waals surface area (Å²) in [5.74, 6) is -0.706. The number of hydrogen-bond acceptors (Lipinski definition) is 5. The first kappa shape index (κ1) is 9.11. The monoisotopic (exact) mass is 180 g/mol. The third kappa shape index (κ3) is 2.22. The second kappa shape index (κ2) is 4.15. The lowest BCUT2D eigenvalue weighted by Crippen LogP contribution is -2.25. The van der Waals surface area contributed by atoms with Crippen molar-refractivity contribution < 1.29 is 9.63 Å². The van der Waals surface area contributed by atoms with Crippen LogP contribution in [0.3, 0.4) is 0 Å². The second-order valence-corrected chi connectivity index (χ2v) is 2.08. The van der Waals surface area contributed by atoms with Crippen LogP contribution < -0.4 is 5.73 Å². The SMILES string of the molecule is CO/N=C(/C(N)=O)c1cnccn1. The molecule has 6 heteroatoms. The van der Waals surface area contributed by atoms with Crippen molar-refractivity contribution in [1.82, 2.24) is 9.97 Å². The average Bonchev–Trinajstić information content (AvgIpc) is 2.15. The molecular formula is C7H8N4O2. The van der Waals surface area contributed by atoms with Crippen molar-refractivity contribution in [3.63, 3.8) is 0 Å². The number of amides is 1. The highest BCUT2D eigenvalue weighted by Crippen LogP contribution is 1.94. The van der Waals surface area contributed by atoms with E-state index in [9.17, 15) is 4.79 Å². The first-order valence-corrected chi connectivity index (χ1v) is 3.43. The molecule has 6 nitrogen and oxygen atoms in total. The highest BCUT2D eigenvalue weighted by atomic mass is 16.6. The van der Waals surface area contributed by atoms with Gasteiger partial charge in [0.2, 0.25) is 0 Å². The van der Waals surface area contributed by atoms with E-state index in [0.29, 0.717) is 0 Å². The lowest BCUT2D eigenvalue weighted by atomic mass is 10.3. The third-order valence-electron chi connectivity index (χ3n) is 1.22. The summed E-state index contributed by atoms with van der Waals surface area (Å²) < 4.78 is 0. The van der Waals surface area contributed by atoms with Crippen LogP contribution in [0.4, 0.5) is 0 Å². The number of carbonyl (C=O) groups is 1. The molecule has 0 bridgehead atoms. The summed E-state index contributed by atoms with van der Waals surface area (Å²) in [6.07, 6.45) is 4.29. The molecule has 0 radical (unpaired) electrons. The Morgan fingerprint density at radius 1 is 1.62 bits per heavy atom. The van der Waals surface area contributed by atoms with E-state index in [1.54, 1.807) is 0 Å². The fraction of sp³-hybridized carbons (Fsp3) is 0.143. The number of rotatable bonds is 3. The summed E-state index contributed by atoms with van der Waals surface area (Å²) in [4.78, 5) is 22.9. The zero-order chi connectivity index (χ0) is 9.68. The van der Waals surface area contributed by atoms with Gasteiger partial charge < -0.3 is 10.6 Å². The molecule has 0 aliphatic rings. The van der Waals surface area contributed by atoms with E-state index >= 15 is 0 Å². The summed E-state index contributed by atoms with van der Waals surface area (Å²) >= 11 is 0. The van der Waals surface area contributed by atoms with Gasteiger partial charge in [-0.15, -0.1) is 0 Å². The van der Waals surface area contributed by atoms with Crippen LogP contribution in [0.1, 0.15) is 5.69 Å². The molecule has 2 N–H and O–H groups in total. The minimum absolute atomic E-state index is 0.0457. The van der Waals surface area contributed by atoms with Crippen LogP contribution in [0, 0.1) is 0 Å². The Kier molecular flexibility index (Phi) is 2.91. The van der Waals surface area contributed by atoms with E-state index in [2.05, 4.69) is 20.0 Å². The molecule has 0 spiro atoms. The van der Waals surface area contributed by atoms with Crippen LogP contribution in [-0.2, 0) is 9.63 Å². The molecule has 0 aliphatic heterocycles. The Balaban J connectivity index is 3.03. The third-order valence-corrected chi connectivity index (χ3v) is 1.22. The molecule has 13 heavy (non-hydrogen) atoms. The van der Waals surface area contributed by atoms with Crippen LogP contribution in [0.25, 0.3) is 0 Å². The number of nitrogens with two attached hydrogens (primary N) is 1. The van der Waals surface area contributed by atoms with Crippen molar-refractivity contribution in [2.24, 2.45) is 10.9 Å². The van der Waals surface area contributed by atoms with Gasteiger partial charge in [0.1, 0.15) is 12.8 Å². The van der Waals surface area contributed by atoms with E-state index in [4.69, 9.17) is 5.73 Å². The summed E-state index contributed by atoms with van der Waals surface area (Å²) in [7, 11) is 1.32. The summed E-state index contributed by atoms with van der Waals surface area (Å²) in [6.45, 7) is 0. The quantitative estimate of drug-likeness (QED) is 0.492. The normalized spacial score (nSPS) is 11.0. The smallest absolute Gasteiger partial charge is 0.273 e. The van der Waals surface area contributed by atoms with Crippen molar-refractivity contribution >= 4 is 11.6 Å². The first-order chi connectivity index (χ1) is 6.25. The Bertz CT molecular complexity index is 323. The van der Waals surface area contributed by atoms with Crippen LogP contribution in [0.5, 0.6) is 0 Å². The van der Waals surface area contributed by atoms with Gasteiger partial charge in [0.05, 0.1) is 6.20 Å². The van der Waals surface area contributed by atoms with Crippen molar-refractivity contribution in [1.29, 1.82) is 0 Å². The molecule has 0 aliphatic carbocycles. The van der Waals surface area contributed by atoms with Gasteiger partial charge in [-0.25, -0.2) is 0 Å². The highest BCUT2D eigenvalue weighted by Gasteiger charge is 2.12. The van der Waals surface area contributed by atoms with Gasteiger partial charge >= 0.3 is 0 Å². The molecule has 0 saturated carbocycles. The minimum Gasteiger partial charge on any atom is -0.398 e. The van der Waals surface area contributed by atoms with E-state index in [-0.39, 0.29) is 11.4 Å². The van der Waals surface area contributed by atoms with Gasteiger partial charge in [-0.05, 0) is 0 Å². The Hall–Kier alpha value is -1.98. The molecule has 1 aromatic heterocycles. The molecule has 0 atom stereocenters. The fourth-order valence-corrected chi connectivity index (χ4v) is 0.731. The largest absolute Gasteiger partial charge is 0.398 e. The lowest BCUT2D eigenvalue weighted by molar-refractivity contribution is -0.112. The van der Waals surface area contributed by atoms with Gasteiger partial charge in [0, 0.05) is 12.4 Å².